The number of unbranched alkanes of at least 4 members (excludes halogenated alkanes) is 11. The molecule has 0 heterocycles. The molecule has 4 heteroatoms. The second kappa shape index (κ2) is 21.1. The molecule has 22 heavy (non-hydrogen) atoms. The molecule has 0 bridgehead atoms. The molecule has 126 valence electrons. The SMILES string of the molecule is CCCCCCCC/C=C\CCCCCCCC(=O)OCl.[Zn]. The number of rotatable bonds is 15. The van der Waals surface area contributed by atoms with E-state index in [1.165, 1.54) is 70.6 Å². The third-order valence-corrected chi connectivity index (χ3v) is 3.90. The van der Waals surface area contributed by atoms with E-state index in [1.54, 1.807) is 0 Å². The van der Waals surface area contributed by atoms with Crippen LogP contribution in [0.4, 0.5) is 0 Å². The van der Waals surface area contributed by atoms with Gasteiger partial charge in [-0.05, 0) is 32.1 Å². The zero-order valence-electron chi connectivity index (χ0n) is 14.5. The van der Waals surface area contributed by atoms with Crippen molar-refractivity contribution in [2.24, 2.45) is 0 Å². The van der Waals surface area contributed by atoms with Crippen molar-refractivity contribution in [3.8, 4) is 0 Å². The second-order valence-corrected chi connectivity index (χ2v) is 5.94. The summed E-state index contributed by atoms with van der Waals surface area (Å²) in [6.45, 7) is 2.26. The van der Waals surface area contributed by atoms with E-state index >= 15 is 0 Å². The van der Waals surface area contributed by atoms with Crippen molar-refractivity contribution in [1.29, 1.82) is 0 Å². The molecule has 0 aliphatic rings. The maximum absolute atomic E-state index is 10.8. The Morgan fingerprint density at radius 3 is 1.77 bits per heavy atom. The van der Waals surface area contributed by atoms with Gasteiger partial charge in [-0.1, -0.05) is 70.4 Å². The molecule has 0 aromatic rings. The number of hydrogen-bond acceptors (Lipinski definition) is 2. The van der Waals surface area contributed by atoms with E-state index in [2.05, 4.69) is 23.4 Å². The Hall–Kier alpha value is 0.123. The van der Waals surface area contributed by atoms with Gasteiger partial charge in [-0.2, -0.15) is 0 Å². The van der Waals surface area contributed by atoms with Crippen LogP contribution in [0.1, 0.15) is 96.8 Å². The molecule has 0 atom stereocenters. The third kappa shape index (κ3) is 20.1. The van der Waals surface area contributed by atoms with Crippen molar-refractivity contribution >= 4 is 17.8 Å². The Morgan fingerprint density at radius 1 is 0.818 bits per heavy atom. The zero-order valence-corrected chi connectivity index (χ0v) is 18.2. The van der Waals surface area contributed by atoms with Crippen LogP contribution in [0.5, 0.6) is 0 Å². The van der Waals surface area contributed by atoms with E-state index in [4.69, 9.17) is 11.9 Å². The van der Waals surface area contributed by atoms with Gasteiger partial charge >= 0.3 is 5.97 Å². The topological polar surface area (TPSA) is 26.3 Å². The maximum atomic E-state index is 10.8. The summed E-state index contributed by atoms with van der Waals surface area (Å²) < 4.78 is 4.09. The van der Waals surface area contributed by atoms with Gasteiger partial charge in [0.15, 0.2) is 0 Å². The molecule has 0 aromatic heterocycles. The summed E-state index contributed by atoms with van der Waals surface area (Å²) >= 11 is 4.96. The quantitative estimate of drug-likeness (QED) is 0.179. The van der Waals surface area contributed by atoms with Crippen molar-refractivity contribution in [1.82, 2.24) is 0 Å². The number of hydrogen-bond donors (Lipinski definition) is 0. The van der Waals surface area contributed by atoms with Gasteiger partial charge in [-0.3, -0.25) is 4.79 Å². The van der Waals surface area contributed by atoms with Crippen molar-refractivity contribution in [2.75, 3.05) is 0 Å². The predicted octanol–water partition coefficient (Wildman–Crippen LogP) is 6.72. The minimum Gasteiger partial charge on any atom is -0.348 e. The summed E-state index contributed by atoms with van der Waals surface area (Å²) in [5, 5.41) is 0. The summed E-state index contributed by atoms with van der Waals surface area (Å²) in [6.07, 6.45) is 21.5. The summed E-state index contributed by atoms with van der Waals surface area (Å²) in [4.78, 5) is 10.8. The fourth-order valence-corrected chi connectivity index (χ4v) is 2.46. The second-order valence-electron chi connectivity index (χ2n) is 5.78. The minimum atomic E-state index is -0.311. The van der Waals surface area contributed by atoms with Crippen molar-refractivity contribution in [3.05, 3.63) is 12.2 Å². The zero-order chi connectivity index (χ0) is 15.6. The van der Waals surface area contributed by atoms with Crippen LogP contribution < -0.4 is 0 Å². The van der Waals surface area contributed by atoms with E-state index < -0.39 is 0 Å². The van der Waals surface area contributed by atoms with Crippen LogP contribution in [-0.4, -0.2) is 5.97 Å². The average molecular weight is 382 g/mol. The Morgan fingerprint density at radius 2 is 1.27 bits per heavy atom. The van der Waals surface area contributed by atoms with Gasteiger partial charge < -0.3 is 4.29 Å². The molecular weight excluding hydrogens is 349 g/mol. The van der Waals surface area contributed by atoms with E-state index in [-0.39, 0.29) is 25.4 Å². The van der Waals surface area contributed by atoms with Gasteiger partial charge in [0.25, 0.3) is 0 Å². The molecule has 0 aliphatic carbocycles. The maximum Gasteiger partial charge on any atom is 0.324 e. The average Bonchev–Trinajstić information content (AvgIpc) is 2.50. The van der Waals surface area contributed by atoms with Crippen LogP contribution in [0.25, 0.3) is 0 Å². The Balaban J connectivity index is 0. The molecule has 2 nitrogen and oxygen atoms in total. The first-order chi connectivity index (χ1) is 10.3. The Labute approximate surface area is 155 Å². The number of carbonyl (C=O) groups is 1. The summed E-state index contributed by atoms with van der Waals surface area (Å²) in [5.41, 5.74) is 0. The molecule has 0 aliphatic heterocycles. The van der Waals surface area contributed by atoms with E-state index in [0.29, 0.717) is 6.42 Å². The van der Waals surface area contributed by atoms with E-state index in [9.17, 15) is 4.79 Å². The van der Waals surface area contributed by atoms with Crippen molar-refractivity contribution in [3.63, 3.8) is 0 Å². The van der Waals surface area contributed by atoms with Gasteiger partial charge in [0.2, 0.25) is 0 Å². The largest absolute Gasteiger partial charge is 0.348 e. The van der Waals surface area contributed by atoms with E-state index in [1.807, 2.05) is 0 Å². The number of halogens is 1. The number of carbonyl (C=O) groups excluding carboxylic acids is 1. The molecular formula is C18H33ClO2Zn. The van der Waals surface area contributed by atoms with Gasteiger partial charge in [-0.25, -0.2) is 0 Å². The smallest absolute Gasteiger partial charge is 0.324 e. The van der Waals surface area contributed by atoms with Gasteiger partial charge in [0, 0.05) is 25.9 Å². The first kappa shape index (κ1) is 24.4. The van der Waals surface area contributed by atoms with Crippen LogP contribution in [0.2, 0.25) is 0 Å². The first-order valence-corrected chi connectivity index (χ1v) is 9.08. The summed E-state index contributed by atoms with van der Waals surface area (Å²) in [7, 11) is 0. The van der Waals surface area contributed by atoms with Crippen molar-refractivity contribution in [2.45, 2.75) is 96.8 Å². The molecule has 0 radical (unpaired) electrons. The fraction of sp³-hybridized carbons (Fsp3) is 0.833. The normalized spacial score (nSPS) is 10.6. The van der Waals surface area contributed by atoms with Crippen LogP contribution in [-0.2, 0) is 28.6 Å². The molecule has 0 aromatic carbocycles. The molecule has 0 spiro atoms. The van der Waals surface area contributed by atoms with Crippen LogP contribution in [0.15, 0.2) is 12.2 Å². The van der Waals surface area contributed by atoms with Gasteiger partial charge in [0.1, 0.15) is 11.9 Å². The minimum absolute atomic E-state index is 0. The Bertz CT molecular complexity index is 257. The standard InChI is InChI=1S/C18H33ClO2.Zn/c1-2-3-4-5-6-7-8-9-10-11-12-13-14-15-16-17-18(20)21-19;/h9-10H,2-8,11-17H2,1H3;/b10-9-;. The first-order valence-electron chi connectivity index (χ1n) is 8.77. The Kier molecular flexibility index (Phi) is 23.4. The van der Waals surface area contributed by atoms with Crippen LogP contribution in [0.3, 0.4) is 0 Å². The predicted molar refractivity (Wildman–Crippen MR) is 91.4 cm³/mol. The van der Waals surface area contributed by atoms with Gasteiger partial charge in [0.05, 0.1) is 0 Å². The molecule has 0 amide bonds. The molecule has 0 rings (SSSR count). The van der Waals surface area contributed by atoms with E-state index in [0.717, 1.165) is 12.8 Å². The fourth-order valence-electron chi connectivity index (χ4n) is 2.38. The molecule has 0 fully saturated rings. The monoisotopic (exact) mass is 380 g/mol. The molecule has 0 N–H and O–H groups in total. The van der Waals surface area contributed by atoms with Crippen LogP contribution in [0, 0.1) is 0 Å². The summed E-state index contributed by atoms with van der Waals surface area (Å²) in [6, 6.07) is 0. The molecule has 0 saturated heterocycles. The number of allylic oxidation sites excluding steroid dienone is 2. The van der Waals surface area contributed by atoms with Crippen molar-refractivity contribution < 1.29 is 28.6 Å². The summed E-state index contributed by atoms with van der Waals surface area (Å²) in [5.74, 6) is -0.311. The van der Waals surface area contributed by atoms with Gasteiger partial charge in [-0.15, -0.1) is 0 Å². The molecule has 0 saturated carbocycles. The third-order valence-electron chi connectivity index (χ3n) is 3.73. The van der Waals surface area contributed by atoms with Crippen LogP contribution >= 0.6 is 11.9 Å². The molecule has 0 unspecified atom stereocenters.